The van der Waals surface area contributed by atoms with E-state index in [1.165, 1.54) is 0 Å². The van der Waals surface area contributed by atoms with Gasteiger partial charge in [0.05, 0.1) is 12.9 Å². The Bertz CT molecular complexity index is 862. The molecule has 0 radical (unpaired) electrons. The molecule has 1 unspecified atom stereocenters. The van der Waals surface area contributed by atoms with Gasteiger partial charge in [-0.15, -0.1) is 0 Å². The molecular weight excluding hydrogens is 364 g/mol. The monoisotopic (exact) mass is 396 g/mol. The largest absolute Gasteiger partial charge is 0.469 e. The second kappa shape index (κ2) is 7.16. The molecule has 1 spiro atoms. The molecule has 2 aliphatic rings. The summed E-state index contributed by atoms with van der Waals surface area (Å²) in [4.78, 5) is 26.4. The molecule has 0 saturated heterocycles. The first-order valence-corrected chi connectivity index (χ1v) is 10.3. The van der Waals surface area contributed by atoms with Crippen LogP contribution in [-0.2, 0) is 14.3 Å². The van der Waals surface area contributed by atoms with Crippen LogP contribution in [0.4, 0.5) is 0 Å². The van der Waals surface area contributed by atoms with Crippen LogP contribution in [0.15, 0.2) is 57.8 Å². The molecule has 0 aliphatic heterocycles. The minimum absolute atomic E-state index is 0.0592. The van der Waals surface area contributed by atoms with Gasteiger partial charge in [0.2, 0.25) is 0 Å². The number of ether oxygens (including phenoxy) is 1. The van der Waals surface area contributed by atoms with Gasteiger partial charge in [-0.1, -0.05) is 59.8 Å². The number of hydrogen-bond donors (Lipinski definition) is 0. The third-order valence-corrected chi connectivity index (χ3v) is 5.85. The van der Waals surface area contributed by atoms with Gasteiger partial charge >= 0.3 is 5.97 Å². The number of rotatable bonds is 3. The Kier molecular flexibility index (Phi) is 5.27. The van der Waals surface area contributed by atoms with Crippen LogP contribution in [0.25, 0.3) is 0 Å². The lowest BCUT2D eigenvalue weighted by Crippen LogP contribution is -2.37. The van der Waals surface area contributed by atoms with Crippen molar-refractivity contribution in [1.29, 1.82) is 0 Å². The Hall–Kier alpha value is -2.36. The summed E-state index contributed by atoms with van der Waals surface area (Å²) in [5, 5.41) is 0. The Morgan fingerprint density at radius 2 is 1.72 bits per heavy atom. The van der Waals surface area contributed by atoms with E-state index in [0.29, 0.717) is 18.6 Å². The lowest BCUT2D eigenvalue weighted by atomic mass is 9.61. The van der Waals surface area contributed by atoms with E-state index in [1.807, 2.05) is 71.9 Å². The fourth-order valence-electron chi connectivity index (χ4n) is 4.37. The van der Waals surface area contributed by atoms with E-state index >= 15 is 0 Å². The summed E-state index contributed by atoms with van der Waals surface area (Å²) in [5.41, 5.74) is 0.591. The van der Waals surface area contributed by atoms with Crippen molar-refractivity contribution in [3.8, 4) is 0 Å². The average molecular weight is 397 g/mol. The van der Waals surface area contributed by atoms with Gasteiger partial charge in [-0.25, -0.2) is 4.79 Å². The zero-order valence-electron chi connectivity index (χ0n) is 18.6. The van der Waals surface area contributed by atoms with Gasteiger partial charge in [0.1, 0.15) is 5.76 Å². The molecule has 0 bridgehead atoms. The smallest absolute Gasteiger partial charge is 0.334 e. The number of hydrogen-bond acceptors (Lipinski definition) is 4. The summed E-state index contributed by atoms with van der Waals surface area (Å²) in [5.74, 6) is 0.442. The maximum Gasteiger partial charge on any atom is 0.334 e. The van der Waals surface area contributed by atoms with Gasteiger partial charge in [-0.2, -0.15) is 0 Å². The van der Waals surface area contributed by atoms with Crippen LogP contribution >= 0.6 is 0 Å². The first-order chi connectivity index (χ1) is 13.4. The Morgan fingerprint density at radius 1 is 1.14 bits per heavy atom. The summed E-state index contributed by atoms with van der Waals surface area (Å²) < 4.78 is 11.2. The molecule has 0 aromatic carbocycles. The second-order valence-corrected chi connectivity index (χ2v) is 10.0. The van der Waals surface area contributed by atoms with Crippen molar-refractivity contribution >= 4 is 11.8 Å². The first kappa shape index (κ1) is 21.4. The van der Waals surface area contributed by atoms with Crippen molar-refractivity contribution in [2.45, 2.75) is 60.8 Å². The molecule has 1 atom stereocenters. The molecule has 4 heteroatoms. The molecule has 156 valence electrons. The number of furan rings is 1. The quantitative estimate of drug-likeness (QED) is 0.609. The minimum Gasteiger partial charge on any atom is -0.469 e. The number of carbonyl (C=O) groups excluding carboxylic acids is 2. The van der Waals surface area contributed by atoms with Crippen LogP contribution in [0.3, 0.4) is 0 Å². The van der Waals surface area contributed by atoms with Crippen molar-refractivity contribution in [1.82, 2.24) is 0 Å². The third kappa shape index (κ3) is 3.65. The maximum absolute atomic E-state index is 13.5. The van der Waals surface area contributed by atoms with Crippen molar-refractivity contribution in [3.05, 3.63) is 59.1 Å². The van der Waals surface area contributed by atoms with E-state index in [-0.39, 0.29) is 28.5 Å². The molecular formula is C25H32O4. The van der Waals surface area contributed by atoms with Crippen LogP contribution in [-0.4, -0.2) is 18.4 Å². The lowest BCUT2D eigenvalue weighted by molar-refractivity contribution is -0.139. The highest BCUT2D eigenvalue weighted by Gasteiger charge is 2.52. The summed E-state index contributed by atoms with van der Waals surface area (Å²) in [6, 6.07) is 3.81. The molecule has 1 aromatic rings. The van der Waals surface area contributed by atoms with Gasteiger partial charge in [-0.3, -0.25) is 4.79 Å². The molecule has 1 aromatic heterocycles. The van der Waals surface area contributed by atoms with Gasteiger partial charge < -0.3 is 9.15 Å². The van der Waals surface area contributed by atoms with Crippen LogP contribution in [0, 0.1) is 16.2 Å². The van der Waals surface area contributed by atoms with Gasteiger partial charge in [0, 0.05) is 28.1 Å². The third-order valence-electron chi connectivity index (χ3n) is 5.85. The highest BCUT2D eigenvalue weighted by atomic mass is 16.5. The Morgan fingerprint density at radius 3 is 2.17 bits per heavy atom. The van der Waals surface area contributed by atoms with Gasteiger partial charge in [0.25, 0.3) is 0 Å². The summed E-state index contributed by atoms with van der Waals surface area (Å²) in [7, 11) is 0. The first-order valence-electron chi connectivity index (χ1n) is 10.3. The number of carbonyl (C=O) groups is 2. The fourth-order valence-corrected chi connectivity index (χ4v) is 4.37. The van der Waals surface area contributed by atoms with Crippen LogP contribution in [0.1, 0.15) is 66.6 Å². The maximum atomic E-state index is 13.5. The molecule has 2 aliphatic carbocycles. The van der Waals surface area contributed by atoms with E-state index < -0.39 is 5.41 Å². The average Bonchev–Trinajstić information content (AvgIpc) is 3.23. The molecule has 3 rings (SSSR count). The van der Waals surface area contributed by atoms with E-state index in [4.69, 9.17) is 9.15 Å². The highest BCUT2D eigenvalue weighted by Crippen LogP contribution is 2.57. The highest BCUT2D eigenvalue weighted by molar-refractivity contribution is 6.12. The molecule has 4 nitrogen and oxygen atoms in total. The topological polar surface area (TPSA) is 56.5 Å². The zero-order chi connectivity index (χ0) is 21.6. The number of allylic oxidation sites excluding steroid dienone is 5. The summed E-state index contributed by atoms with van der Waals surface area (Å²) in [6.45, 7) is 14.4. The standard InChI is InChI=1S/C25H32O4/c1-8-28-22(27)17-12-11-16(20-10-9-13-29-20)25(17)14-18(23(2,3)4)21(26)19(15-25)24(5,6)7/h9-10,12-16H,8,11H2,1-7H3. The van der Waals surface area contributed by atoms with E-state index in [0.717, 1.165) is 16.9 Å². The predicted molar refractivity (Wildman–Crippen MR) is 113 cm³/mol. The SMILES string of the molecule is CCOC(=O)C1=CCC(c2ccco2)C12C=C(C(C)(C)C)C(=O)C(C(C)(C)C)=C2. The van der Waals surface area contributed by atoms with Crippen LogP contribution < -0.4 is 0 Å². The molecule has 29 heavy (non-hydrogen) atoms. The van der Waals surface area contributed by atoms with E-state index in [9.17, 15) is 9.59 Å². The lowest BCUT2D eigenvalue weighted by Gasteiger charge is -2.41. The molecule has 0 fully saturated rings. The van der Waals surface area contributed by atoms with Gasteiger partial charge in [-0.05, 0) is 36.3 Å². The van der Waals surface area contributed by atoms with Crippen LogP contribution in [0.5, 0.6) is 0 Å². The second-order valence-electron chi connectivity index (χ2n) is 10.0. The van der Waals surface area contributed by atoms with Gasteiger partial charge in [0.15, 0.2) is 5.78 Å². The molecule has 0 N–H and O–H groups in total. The van der Waals surface area contributed by atoms with Crippen molar-refractivity contribution in [2.75, 3.05) is 6.61 Å². The normalized spacial score (nSPS) is 21.7. The minimum atomic E-state index is -0.761. The van der Waals surface area contributed by atoms with Crippen molar-refractivity contribution in [2.24, 2.45) is 16.2 Å². The van der Waals surface area contributed by atoms with E-state index in [2.05, 4.69) is 0 Å². The fraction of sp³-hybridized carbons (Fsp3) is 0.520. The zero-order valence-corrected chi connectivity index (χ0v) is 18.6. The summed E-state index contributed by atoms with van der Waals surface area (Å²) in [6.07, 6.45) is 8.27. The van der Waals surface area contributed by atoms with Crippen molar-refractivity contribution in [3.63, 3.8) is 0 Å². The van der Waals surface area contributed by atoms with Crippen molar-refractivity contribution < 1.29 is 18.7 Å². The van der Waals surface area contributed by atoms with Crippen LogP contribution in [0.2, 0.25) is 0 Å². The number of Topliss-reactive ketones (excluding diaryl/α,β-unsaturated/α-hetero) is 1. The molecule has 0 saturated carbocycles. The Balaban J connectivity index is 2.31. The predicted octanol–water partition coefficient (Wildman–Crippen LogP) is 5.77. The molecule has 0 amide bonds. The Labute approximate surface area is 173 Å². The number of esters is 1. The summed E-state index contributed by atoms with van der Waals surface area (Å²) >= 11 is 0. The molecule has 1 heterocycles. The van der Waals surface area contributed by atoms with E-state index in [1.54, 1.807) is 13.2 Å². The number of ketones is 1.